The predicted molar refractivity (Wildman–Crippen MR) is 69.8 cm³/mol. The molecule has 0 atom stereocenters. The third kappa shape index (κ3) is 3.21. The highest BCUT2D eigenvalue weighted by molar-refractivity contribution is 4.99. The van der Waals surface area contributed by atoms with Crippen LogP contribution >= 0.6 is 0 Å². The van der Waals surface area contributed by atoms with E-state index in [0.29, 0.717) is 6.10 Å². The summed E-state index contributed by atoms with van der Waals surface area (Å²) in [7, 11) is 2.23. The average Bonchev–Trinajstić information content (AvgIpc) is 1.95. The fourth-order valence-corrected chi connectivity index (χ4v) is 2.86. The number of hydrogen-bond acceptors (Lipinski definition) is 2. The van der Waals surface area contributed by atoms with Gasteiger partial charge in [0.25, 0.3) is 0 Å². The lowest BCUT2D eigenvalue weighted by molar-refractivity contribution is -0.136. The zero-order valence-corrected chi connectivity index (χ0v) is 12.3. The Morgan fingerprint density at radius 2 is 1.38 bits per heavy atom. The molecule has 1 saturated heterocycles. The summed E-state index contributed by atoms with van der Waals surface area (Å²) in [5.74, 6) is 0. The van der Waals surface area contributed by atoms with Crippen molar-refractivity contribution in [1.29, 1.82) is 0 Å². The van der Waals surface area contributed by atoms with E-state index in [9.17, 15) is 0 Å². The van der Waals surface area contributed by atoms with Crippen LogP contribution in [-0.4, -0.2) is 34.7 Å². The van der Waals surface area contributed by atoms with Crippen LogP contribution in [0.25, 0.3) is 0 Å². The van der Waals surface area contributed by atoms with Crippen molar-refractivity contribution >= 4 is 0 Å². The molecule has 1 heterocycles. The third-order valence-electron chi connectivity index (χ3n) is 3.79. The van der Waals surface area contributed by atoms with Crippen molar-refractivity contribution in [2.24, 2.45) is 0 Å². The molecule has 2 heteroatoms. The second-order valence-electron chi connectivity index (χ2n) is 7.44. The first kappa shape index (κ1) is 14.0. The van der Waals surface area contributed by atoms with E-state index in [2.05, 4.69) is 60.4 Å². The molecule has 0 amide bonds. The summed E-state index contributed by atoms with van der Waals surface area (Å²) >= 11 is 0. The van der Waals surface area contributed by atoms with Gasteiger partial charge >= 0.3 is 0 Å². The Labute approximate surface area is 101 Å². The lowest BCUT2D eigenvalue weighted by Gasteiger charge is -2.54. The van der Waals surface area contributed by atoms with Gasteiger partial charge in [0.2, 0.25) is 0 Å². The summed E-state index contributed by atoms with van der Waals surface area (Å²) in [5, 5.41) is 0. The molecule has 0 aromatic carbocycles. The molecule has 1 rings (SSSR count). The Kier molecular flexibility index (Phi) is 3.49. The van der Waals surface area contributed by atoms with Crippen molar-refractivity contribution in [2.75, 3.05) is 7.05 Å². The summed E-state index contributed by atoms with van der Waals surface area (Å²) in [6, 6.07) is 0. The molecule has 0 radical (unpaired) electrons. The van der Waals surface area contributed by atoms with E-state index >= 15 is 0 Å². The number of rotatable bonds is 1. The van der Waals surface area contributed by atoms with Gasteiger partial charge in [0.15, 0.2) is 0 Å². The first-order valence-corrected chi connectivity index (χ1v) is 6.36. The van der Waals surface area contributed by atoms with Crippen LogP contribution in [0.4, 0.5) is 0 Å². The van der Waals surface area contributed by atoms with Crippen molar-refractivity contribution in [3.63, 3.8) is 0 Å². The van der Waals surface area contributed by atoms with Crippen LogP contribution in [0.5, 0.6) is 0 Å². The molecular weight excluding hydrogens is 198 g/mol. The fraction of sp³-hybridized carbons (Fsp3) is 1.00. The van der Waals surface area contributed by atoms with E-state index in [1.165, 1.54) is 0 Å². The minimum atomic E-state index is -0.0350. The number of nitrogens with zero attached hydrogens (tertiary/aromatic N) is 1. The molecule has 0 saturated carbocycles. The van der Waals surface area contributed by atoms with E-state index in [0.717, 1.165) is 12.8 Å². The van der Waals surface area contributed by atoms with Gasteiger partial charge in [-0.15, -0.1) is 0 Å². The van der Waals surface area contributed by atoms with Crippen molar-refractivity contribution in [3.05, 3.63) is 0 Å². The van der Waals surface area contributed by atoms with Crippen LogP contribution in [0.2, 0.25) is 0 Å². The van der Waals surface area contributed by atoms with Crippen molar-refractivity contribution in [1.82, 2.24) is 4.90 Å². The second kappa shape index (κ2) is 3.99. The Morgan fingerprint density at radius 1 is 1.00 bits per heavy atom. The van der Waals surface area contributed by atoms with Crippen molar-refractivity contribution in [3.8, 4) is 0 Å². The Hall–Kier alpha value is -0.0800. The van der Waals surface area contributed by atoms with Gasteiger partial charge < -0.3 is 4.74 Å². The Morgan fingerprint density at radius 3 is 1.69 bits per heavy atom. The molecule has 0 unspecified atom stereocenters. The summed E-state index contributed by atoms with van der Waals surface area (Å²) in [6.07, 6.45) is 2.61. The molecule has 96 valence electrons. The molecular formula is C14H29NO. The lowest BCUT2D eigenvalue weighted by atomic mass is 9.78. The fourth-order valence-electron chi connectivity index (χ4n) is 2.86. The molecule has 1 aliphatic rings. The summed E-state index contributed by atoms with van der Waals surface area (Å²) in [5.41, 5.74) is 0.405. The topological polar surface area (TPSA) is 12.5 Å². The zero-order valence-electron chi connectivity index (χ0n) is 12.3. The molecule has 0 aliphatic carbocycles. The lowest BCUT2D eigenvalue weighted by Crippen LogP contribution is -2.60. The second-order valence-corrected chi connectivity index (χ2v) is 7.44. The van der Waals surface area contributed by atoms with Gasteiger partial charge in [0.1, 0.15) is 0 Å². The first-order chi connectivity index (χ1) is 6.94. The van der Waals surface area contributed by atoms with E-state index < -0.39 is 0 Å². The minimum Gasteiger partial charge on any atom is -0.372 e. The van der Waals surface area contributed by atoms with Gasteiger partial charge in [-0.05, 0) is 68.4 Å². The number of hydrogen-bond donors (Lipinski definition) is 0. The number of likely N-dealkylation sites (tertiary alicyclic amines) is 1. The number of ether oxygens (including phenoxy) is 1. The first-order valence-electron chi connectivity index (χ1n) is 6.36. The van der Waals surface area contributed by atoms with Gasteiger partial charge in [0, 0.05) is 11.1 Å². The maximum absolute atomic E-state index is 6.17. The SMILES string of the molecule is CN1C(C)(C)CC(OC(C)(C)C)CC1(C)C. The standard InChI is InChI=1S/C14H29NO/c1-12(2,3)16-11-9-13(4,5)15(8)14(6,7)10-11/h11H,9-10H2,1-8H3. The van der Waals surface area contributed by atoms with Crippen molar-refractivity contribution in [2.45, 2.75) is 84.1 Å². The van der Waals surface area contributed by atoms with Crippen LogP contribution in [0.3, 0.4) is 0 Å². The highest BCUT2D eigenvalue weighted by Crippen LogP contribution is 2.39. The Balaban J connectivity index is 2.79. The highest BCUT2D eigenvalue weighted by atomic mass is 16.5. The van der Waals surface area contributed by atoms with Crippen LogP contribution in [0.15, 0.2) is 0 Å². The summed E-state index contributed by atoms with van der Waals surface area (Å²) < 4.78 is 6.17. The maximum atomic E-state index is 6.17. The third-order valence-corrected chi connectivity index (χ3v) is 3.79. The van der Waals surface area contributed by atoms with Crippen LogP contribution in [-0.2, 0) is 4.74 Å². The van der Waals surface area contributed by atoms with Crippen LogP contribution in [0, 0.1) is 0 Å². The molecule has 0 spiro atoms. The quantitative estimate of drug-likeness (QED) is 0.680. The van der Waals surface area contributed by atoms with Gasteiger partial charge in [-0.1, -0.05) is 0 Å². The highest BCUT2D eigenvalue weighted by Gasteiger charge is 2.44. The molecule has 1 aliphatic heterocycles. The monoisotopic (exact) mass is 227 g/mol. The van der Waals surface area contributed by atoms with E-state index in [1.807, 2.05) is 0 Å². The van der Waals surface area contributed by atoms with Gasteiger partial charge in [0.05, 0.1) is 11.7 Å². The van der Waals surface area contributed by atoms with Gasteiger partial charge in [-0.25, -0.2) is 0 Å². The molecule has 0 bridgehead atoms. The van der Waals surface area contributed by atoms with E-state index in [4.69, 9.17) is 4.74 Å². The van der Waals surface area contributed by atoms with E-state index in [-0.39, 0.29) is 16.7 Å². The van der Waals surface area contributed by atoms with Crippen LogP contribution < -0.4 is 0 Å². The molecule has 2 nitrogen and oxygen atoms in total. The van der Waals surface area contributed by atoms with Gasteiger partial charge in [-0.2, -0.15) is 0 Å². The molecule has 1 fully saturated rings. The maximum Gasteiger partial charge on any atom is 0.0617 e. The summed E-state index contributed by atoms with van der Waals surface area (Å²) in [4.78, 5) is 2.49. The predicted octanol–water partition coefficient (Wildman–Crippen LogP) is 3.45. The number of piperidine rings is 1. The summed E-state index contributed by atoms with van der Waals surface area (Å²) in [6.45, 7) is 15.7. The largest absolute Gasteiger partial charge is 0.372 e. The Bertz CT molecular complexity index is 232. The van der Waals surface area contributed by atoms with Crippen molar-refractivity contribution < 1.29 is 4.74 Å². The van der Waals surface area contributed by atoms with Crippen LogP contribution in [0.1, 0.15) is 61.3 Å². The normalized spacial score (nSPS) is 27.0. The zero-order chi connectivity index (χ0) is 12.8. The smallest absolute Gasteiger partial charge is 0.0617 e. The molecule has 0 aromatic heterocycles. The molecule has 16 heavy (non-hydrogen) atoms. The minimum absolute atomic E-state index is 0.0350. The average molecular weight is 227 g/mol. The van der Waals surface area contributed by atoms with E-state index in [1.54, 1.807) is 0 Å². The van der Waals surface area contributed by atoms with Gasteiger partial charge in [-0.3, -0.25) is 4.90 Å². The molecule has 0 aromatic rings. The molecule has 0 N–H and O–H groups in total.